The van der Waals surface area contributed by atoms with E-state index in [0.717, 1.165) is 0 Å². The average Bonchev–Trinajstić information content (AvgIpc) is 2.49. The molecule has 0 saturated heterocycles. The molecule has 0 saturated carbocycles. The van der Waals surface area contributed by atoms with Crippen molar-refractivity contribution in [3.63, 3.8) is 0 Å². The molecule has 2 N–H and O–H groups in total. The Morgan fingerprint density at radius 1 is 0.762 bits per heavy atom. The highest BCUT2D eigenvalue weighted by molar-refractivity contribution is 5.78. The highest BCUT2D eigenvalue weighted by Gasteiger charge is 2.10. The molecule has 0 aromatic rings. The molecule has 0 atom stereocenters. The standard InChI is InChI=1S/C13H26N2O6/c1-18-12(19-2)8-14-10(16)6-5-7-11(17)15-9-13(20-3)21-4/h12-13H,5-9H2,1-4H3,(H,14,16)(H,15,17). The summed E-state index contributed by atoms with van der Waals surface area (Å²) in [5, 5.41) is 5.33. The van der Waals surface area contributed by atoms with E-state index in [1.807, 2.05) is 0 Å². The van der Waals surface area contributed by atoms with Gasteiger partial charge in [-0.1, -0.05) is 0 Å². The maximum Gasteiger partial charge on any atom is 0.220 e. The molecular formula is C13H26N2O6. The summed E-state index contributed by atoms with van der Waals surface area (Å²) in [6.07, 6.45) is 0.0823. The molecule has 0 aliphatic rings. The summed E-state index contributed by atoms with van der Waals surface area (Å²) in [6, 6.07) is 0. The minimum absolute atomic E-state index is 0.145. The molecule has 0 heterocycles. The van der Waals surface area contributed by atoms with Crippen LogP contribution in [-0.4, -0.2) is 65.9 Å². The molecule has 0 rings (SSSR count). The number of methoxy groups -OCH3 is 4. The van der Waals surface area contributed by atoms with Gasteiger partial charge in [0.2, 0.25) is 11.8 Å². The first-order valence-electron chi connectivity index (χ1n) is 6.71. The van der Waals surface area contributed by atoms with E-state index in [9.17, 15) is 9.59 Å². The van der Waals surface area contributed by atoms with Crippen molar-refractivity contribution >= 4 is 11.8 Å². The number of nitrogens with one attached hydrogen (secondary N) is 2. The Bertz CT molecular complexity index is 264. The molecule has 8 heteroatoms. The summed E-state index contributed by atoms with van der Waals surface area (Å²) in [5.74, 6) is -0.290. The first-order chi connectivity index (χ1) is 10.1. The molecule has 2 amide bonds. The Hall–Kier alpha value is -1.22. The van der Waals surface area contributed by atoms with Crippen LogP contribution < -0.4 is 10.6 Å². The molecule has 8 nitrogen and oxygen atoms in total. The van der Waals surface area contributed by atoms with Gasteiger partial charge in [-0.2, -0.15) is 0 Å². The van der Waals surface area contributed by atoms with Crippen LogP contribution in [-0.2, 0) is 28.5 Å². The van der Waals surface area contributed by atoms with Crippen molar-refractivity contribution in [1.82, 2.24) is 10.6 Å². The number of amides is 2. The second-order valence-corrected chi connectivity index (χ2v) is 4.26. The predicted molar refractivity (Wildman–Crippen MR) is 75.5 cm³/mol. The van der Waals surface area contributed by atoms with Crippen LogP contribution in [0, 0.1) is 0 Å². The number of hydrogen-bond acceptors (Lipinski definition) is 6. The molecule has 0 fully saturated rings. The fraction of sp³-hybridized carbons (Fsp3) is 0.846. The Morgan fingerprint density at radius 3 is 1.38 bits per heavy atom. The van der Waals surface area contributed by atoms with Gasteiger partial charge in [-0.3, -0.25) is 9.59 Å². The fourth-order valence-corrected chi connectivity index (χ4v) is 1.51. The number of hydrogen-bond donors (Lipinski definition) is 2. The van der Waals surface area contributed by atoms with Gasteiger partial charge >= 0.3 is 0 Å². The van der Waals surface area contributed by atoms with Crippen LogP contribution >= 0.6 is 0 Å². The second-order valence-electron chi connectivity index (χ2n) is 4.26. The Morgan fingerprint density at radius 2 is 1.10 bits per heavy atom. The minimum atomic E-state index is -0.461. The third-order valence-corrected chi connectivity index (χ3v) is 2.79. The molecule has 0 radical (unpaired) electrons. The van der Waals surface area contributed by atoms with Gasteiger partial charge in [0.05, 0.1) is 13.1 Å². The van der Waals surface area contributed by atoms with Crippen LogP contribution in [0.1, 0.15) is 19.3 Å². The van der Waals surface area contributed by atoms with E-state index in [0.29, 0.717) is 6.42 Å². The van der Waals surface area contributed by atoms with E-state index in [4.69, 9.17) is 18.9 Å². The Balaban J connectivity index is 3.68. The smallest absolute Gasteiger partial charge is 0.220 e. The molecule has 0 spiro atoms. The maximum atomic E-state index is 11.5. The van der Waals surface area contributed by atoms with E-state index < -0.39 is 12.6 Å². The van der Waals surface area contributed by atoms with Crippen molar-refractivity contribution in [3.8, 4) is 0 Å². The third kappa shape index (κ3) is 10.2. The van der Waals surface area contributed by atoms with E-state index in [1.54, 1.807) is 0 Å². The van der Waals surface area contributed by atoms with Crippen molar-refractivity contribution in [2.75, 3.05) is 41.5 Å². The monoisotopic (exact) mass is 306 g/mol. The van der Waals surface area contributed by atoms with Crippen LogP contribution in [0.3, 0.4) is 0 Å². The third-order valence-electron chi connectivity index (χ3n) is 2.79. The zero-order valence-corrected chi connectivity index (χ0v) is 13.1. The van der Waals surface area contributed by atoms with Gasteiger partial charge < -0.3 is 29.6 Å². The summed E-state index contributed by atoms with van der Waals surface area (Å²) in [4.78, 5) is 23.1. The molecule has 0 unspecified atom stereocenters. The van der Waals surface area contributed by atoms with Crippen molar-refractivity contribution in [3.05, 3.63) is 0 Å². The van der Waals surface area contributed by atoms with Gasteiger partial charge in [-0.15, -0.1) is 0 Å². The SMILES string of the molecule is COC(CNC(=O)CCCC(=O)NCC(OC)OC)OC. The van der Waals surface area contributed by atoms with Gasteiger partial charge in [0.1, 0.15) is 0 Å². The van der Waals surface area contributed by atoms with Crippen molar-refractivity contribution in [2.45, 2.75) is 31.8 Å². The van der Waals surface area contributed by atoms with E-state index in [2.05, 4.69) is 10.6 Å². The summed E-state index contributed by atoms with van der Waals surface area (Å²) < 4.78 is 19.8. The van der Waals surface area contributed by atoms with E-state index >= 15 is 0 Å². The van der Waals surface area contributed by atoms with E-state index in [1.165, 1.54) is 28.4 Å². The normalized spacial score (nSPS) is 11.0. The molecular weight excluding hydrogens is 280 g/mol. The lowest BCUT2D eigenvalue weighted by Crippen LogP contribution is -2.35. The van der Waals surface area contributed by atoms with Crippen LogP contribution in [0.2, 0.25) is 0 Å². The van der Waals surface area contributed by atoms with Crippen molar-refractivity contribution in [2.24, 2.45) is 0 Å². The van der Waals surface area contributed by atoms with E-state index in [-0.39, 0.29) is 37.7 Å². The van der Waals surface area contributed by atoms with Gasteiger partial charge in [-0.05, 0) is 6.42 Å². The van der Waals surface area contributed by atoms with Gasteiger partial charge in [0.15, 0.2) is 12.6 Å². The highest BCUT2D eigenvalue weighted by Crippen LogP contribution is 1.97. The highest BCUT2D eigenvalue weighted by atomic mass is 16.7. The second kappa shape index (κ2) is 12.5. The Kier molecular flexibility index (Phi) is 11.8. The molecule has 0 aliphatic heterocycles. The lowest BCUT2D eigenvalue weighted by atomic mass is 10.2. The van der Waals surface area contributed by atoms with Crippen LogP contribution in [0.5, 0.6) is 0 Å². The average molecular weight is 306 g/mol. The molecule has 124 valence electrons. The Labute approximate surface area is 125 Å². The molecule has 21 heavy (non-hydrogen) atoms. The summed E-state index contributed by atoms with van der Waals surface area (Å²) >= 11 is 0. The van der Waals surface area contributed by atoms with Crippen molar-refractivity contribution < 1.29 is 28.5 Å². The maximum absolute atomic E-state index is 11.5. The zero-order valence-electron chi connectivity index (χ0n) is 13.1. The number of ether oxygens (including phenoxy) is 4. The van der Waals surface area contributed by atoms with Gasteiger partial charge in [-0.25, -0.2) is 0 Å². The lowest BCUT2D eigenvalue weighted by Gasteiger charge is -2.14. The zero-order chi connectivity index (χ0) is 16.1. The minimum Gasteiger partial charge on any atom is -0.354 e. The van der Waals surface area contributed by atoms with Gasteiger partial charge in [0, 0.05) is 41.3 Å². The summed E-state index contributed by atoms with van der Waals surface area (Å²) in [6.45, 7) is 0.558. The summed E-state index contributed by atoms with van der Waals surface area (Å²) in [5.41, 5.74) is 0. The molecule has 0 aliphatic carbocycles. The van der Waals surface area contributed by atoms with Crippen LogP contribution in [0.15, 0.2) is 0 Å². The van der Waals surface area contributed by atoms with Crippen LogP contribution in [0.25, 0.3) is 0 Å². The first kappa shape index (κ1) is 19.8. The number of rotatable bonds is 12. The predicted octanol–water partition coefficient (Wildman–Crippen LogP) is -0.373. The fourth-order valence-electron chi connectivity index (χ4n) is 1.51. The molecule has 0 aromatic heterocycles. The van der Waals surface area contributed by atoms with Crippen molar-refractivity contribution in [1.29, 1.82) is 0 Å². The van der Waals surface area contributed by atoms with Gasteiger partial charge in [0.25, 0.3) is 0 Å². The number of carbonyl (C=O) groups is 2. The lowest BCUT2D eigenvalue weighted by molar-refractivity contribution is -0.128. The number of carbonyl (C=O) groups excluding carboxylic acids is 2. The van der Waals surface area contributed by atoms with Crippen LogP contribution in [0.4, 0.5) is 0 Å². The quantitative estimate of drug-likeness (QED) is 0.478. The topological polar surface area (TPSA) is 95.1 Å². The molecule has 0 aromatic carbocycles. The molecule has 0 bridgehead atoms. The largest absolute Gasteiger partial charge is 0.354 e. The summed E-state index contributed by atoms with van der Waals surface area (Å²) in [7, 11) is 5.99. The first-order valence-corrected chi connectivity index (χ1v) is 6.71.